The van der Waals surface area contributed by atoms with E-state index < -0.39 is 0 Å². The van der Waals surface area contributed by atoms with Crippen molar-refractivity contribution >= 4 is 16.6 Å². The molecule has 5 heteroatoms. The van der Waals surface area contributed by atoms with E-state index in [0.717, 1.165) is 17.6 Å². The molecule has 5 nitrogen and oxygen atoms in total. The number of aromatic nitrogens is 4. The van der Waals surface area contributed by atoms with Crippen molar-refractivity contribution in [3.05, 3.63) is 41.1 Å². The van der Waals surface area contributed by atoms with Gasteiger partial charge in [0.1, 0.15) is 0 Å². The van der Waals surface area contributed by atoms with Crippen LogP contribution in [-0.2, 0) is 0 Å². The van der Waals surface area contributed by atoms with Crippen molar-refractivity contribution in [1.29, 1.82) is 0 Å². The van der Waals surface area contributed by atoms with Crippen molar-refractivity contribution in [3.8, 4) is 0 Å². The van der Waals surface area contributed by atoms with Crippen molar-refractivity contribution < 1.29 is 0 Å². The fourth-order valence-corrected chi connectivity index (χ4v) is 3.78. The van der Waals surface area contributed by atoms with Crippen LogP contribution in [0.3, 0.4) is 0 Å². The molecule has 0 aliphatic heterocycles. The van der Waals surface area contributed by atoms with Gasteiger partial charge < -0.3 is 4.57 Å². The van der Waals surface area contributed by atoms with Crippen LogP contribution in [0.15, 0.2) is 35.5 Å². The molecular weight excluding hydrogens is 276 g/mol. The summed E-state index contributed by atoms with van der Waals surface area (Å²) in [6, 6.07) is 4.12. The highest BCUT2D eigenvalue weighted by atomic mass is 16.1. The summed E-state index contributed by atoms with van der Waals surface area (Å²) in [7, 11) is 0. The van der Waals surface area contributed by atoms with Crippen LogP contribution in [-0.4, -0.2) is 19.2 Å². The number of hydrogen-bond acceptors (Lipinski definition) is 3. The van der Waals surface area contributed by atoms with Gasteiger partial charge in [-0.25, -0.2) is 9.50 Å². The Balaban J connectivity index is 1.91. The lowest BCUT2D eigenvalue weighted by Gasteiger charge is -2.35. The molecule has 22 heavy (non-hydrogen) atoms. The first-order valence-corrected chi connectivity index (χ1v) is 8.00. The molecule has 114 valence electrons. The summed E-state index contributed by atoms with van der Waals surface area (Å²) in [6.07, 6.45) is 8.85. The van der Waals surface area contributed by atoms with Crippen LogP contribution in [0.1, 0.15) is 39.2 Å². The van der Waals surface area contributed by atoms with Crippen LogP contribution in [0.25, 0.3) is 16.6 Å². The minimum absolute atomic E-state index is 0.0494. The van der Waals surface area contributed by atoms with Crippen LogP contribution < -0.4 is 5.56 Å². The highest BCUT2D eigenvalue weighted by molar-refractivity contribution is 5.79. The first-order chi connectivity index (χ1) is 10.7. The Morgan fingerprint density at radius 1 is 1.23 bits per heavy atom. The van der Waals surface area contributed by atoms with Gasteiger partial charge >= 0.3 is 0 Å². The molecule has 1 aliphatic rings. The summed E-state index contributed by atoms with van der Waals surface area (Å²) in [5.41, 5.74) is 1.64. The van der Waals surface area contributed by atoms with Gasteiger partial charge in [-0.3, -0.25) is 4.79 Å². The molecule has 1 saturated carbocycles. The second kappa shape index (κ2) is 4.93. The predicted octanol–water partition coefficient (Wildman–Crippen LogP) is 3.04. The van der Waals surface area contributed by atoms with Crippen molar-refractivity contribution in [2.24, 2.45) is 11.8 Å². The number of fused-ring (bicyclic) bond motifs is 3. The van der Waals surface area contributed by atoms with Gasteiger partial charge in [-0.05, 0) is 24.3 Å². The van der Waals surface area contributed by atoms with Gasteiger partial charge in [0.2, 0.25) is 0 Å². The van der Waals surface area contributed by atoms with Gasteiger partial charge in [-0.1, -0.05) is 26.7 Å². The van der Waals surface area contributed by atoms with E-state index in [9.17, 15) is 4.79 Å². The monoisotopic (exact) mass is 296 g/mol. The van der Waals surface area contributed by atoms with Gasteiger partial charge in [-0.15, -0.1) is 0 Å². The zero-order valence-corrected chi connectivity index (χ0v) is 12.9. The van der Waals surface area contributed by atoms with Gasteiger partial charge in [0.15, 0.2) is 5.65 Å². The van der Waals surface area contributed by atoms with Crippen LogP contribution in [0, 0.1) is 11.8 Å². The van der Waals surface area contributed by atoms with E-state index in [1.807, 2.05) is 22.9 Å². The van der Waals surface area contributed by atoms with Crippen molar-refractivity contribution in [3.63, 3.8) is 0 Å². The topological polar surface area (TPSA) is 52.2 Å². The van der Waals surface area contributed by atoms with E-state index in [1.165, 1.54) is 12.8 Å². The van der Waals surface area contributed by atoms with E-state index in [0.29, 0.717) is 17.2 Å². The zero-order chi connectivity index (χ0) is 15.3. The highest BCUT2D eigenvalue weighted by Gasteiger charge is 2.29. The Morgan fingerprint density at radius 2 is 2.09 bits per heavy atom. The first-order valence-electron chi connectivity index (χ1n) is 8.00. The molecule has 3 aromatic heterocycles. The van der Waals surface area contributed by atoms with Crippen molar-refractivity contribution in [2.45, 2.75) is 39.2 Å². The van der Waals surface area contributed by atoms with E-state index in [-0.39, 0.29) is 11.6 Å². The summed E-state index contributed by atoms with van der Waals surface area (Å²) in [4.78, 5) is 17.3. The van der Waals surface area contributed by atoms with Crippen molar-refractivity contribution in [2.75, 3.05) is 0 Å². The average molecular weight is 296 g/mol. The SMILES string of the molecule is C[C@@H]1[C@@H](C)CCC[C@@H]1n1ccc2c(cnc3ccnn32)c1=O. The fourth-order valence-electron chi connectivity index (χ4n) is 3.78. The Bertz CT molecular complexity index is 894. The van der Waals surface area contributed by atoms with Crippen LogP contribution in [0.4, 0.5) is 0 Å². The summed E-state index contributed by atoms with van der Waals surface area (Å²) in [5.74, 6) is 1.18. The molecule has 0 bridgehead atoms. The van der Waals surface area contributed by atoms with Gasteiger partial charge in [0, 0.05) is 24.5 Å². The maximum Gasteiger partial charge on any atom is 0.261 e. The summed E-state index contributed by atoms with van der Waals surface area (Å²) < 4.78 is 3.65. The molecule has 0 spiro atoms. The molecule has 0 unspecified atom stereocenters. The Kier molecular flexibility index (Phi) is 3.03. The lowest BCUT2D eigenvalue weighted by molar-refractivity contribution is 0.183. The number of rotatable bonds is 1. The van der Waals surface area contributed by atoms with Gasteiger partial charge in [-0.2, -0.15) is 5.10 Å². The fraction of sp³-hybridized carbons (Fsp3) is 0.471. The van der Waals surface area contributed by atoms with E-state index >= 15 is 0 Å². The molecule has 1 aliphatic carbocycles. The third-order valence-corrected chi connectivity index (χ3v) is 5.33. The van der Waals surface area contributed by atoms with E-state index in [2.05, 4.69) is 23.9 Å². The van der Waals surface area contributed by atoms with Crippen LogP contribution >= 0.6 is 0 Å². The van der Waals surface area contributed by atoms with Crippen molar-refractivity contribution in [1.82, 2.24) is 19.2 Å². The highest BCUT2D eigenvalue weighted by Crippen LogP contribution is 2.36. The molecule has 0 saturated heterocycles. The maximum absolute atomic E-state index is 12.9. The Morgan fingerprint density at radius 3 is 2.95 bits per heavy atom. The number of pyridine rings is 1. The lowest BCUT2D eigenvalue weighted by atomic mass is 9.78. The minimum atomic E-state index is 0.0494. The normalized spacial score (nSPS) is 25.8. The number of hydrogen-bond donors (Lipinski definition) is 0. The van der Waals surface area contributed by atoms with E-state index in [1.54, 1.807) is 16.9 Å². The third-order valence-electron chi connectivity index (χ3n) is 5.33. The smallest absolute Gasteiger partial charge is 0.261 e. The quantitative estimate of drug-likeness (QED) is 0.693. The lowest BCUT2D eigenvalue weighted by Crippen LogP contribution is -2.33. The molecule has 0 radical (unpaired) electrons. The molecule has 1 fully saturated rings. The summed E-state index contributed by atoms with van der Waals surface area (Å²) >= 11 is 0. The second-order valence-corrected chi connectivity index (χ2v) is 6.52. The third kappa shape index (κ3) is 1.88. The molecule has 4 rings (SSSR count). The Hall–Kier alpha value is -2.17. The zero-order valence-electron chi connectivity index (χ0n) is 12.9. The summed E-state index contributed by atoms with van der Waals surface area (Å²) in [5, 5.41) is 4.91. The molecule has 3 heterocycles. The average Bonchev–Trinajstić information content (AvgIpc) is 3.00. The molecule has 0 amide bonds. The Labute approximate surface area is 128 Å². The predicted molar refractivity (Wildman–Crippen MR) is 86.0 cm³/mol. The summed E-state index contributed by atoms with van der Waals surface area (Å²) in [6.45, 7) is 4.55. The van der Waals surface area contributed by atoms with E-state index in [4.69, 9.17) is 0 Å². The van der Waals surface area contributed by atoms with Gasteiger partial charge in [0.05, 0.1) is 17.1 Å². The van der Waals surface area contributed by atoms with Crippen LogP contribution in [0.5, 0.6) is 0 Å². The minimum Gasteiger partial charge on any atom is -0.311 e. The maximum atomic E-state index is 12.9. The standard InChI is InChI=1S/C17H20N4O/c1-11-4-3-5-14(12(11)2)20-9-7-15-13(17(20)22)10-18-16-6-8-19-21(15)16/h6-12,14H,3-5H2,1-2H3/t11-,12+,14-/m0/s1. The molecule has 0 aromatic carbocycles. The molecule has 3 atom stereocenters. The first kappa shape index (κ1) is 13.5. The molecule has 3 aromatic rings. The van der Waals surface area contributed by atoms with Gasteiger partial charge in [0.25, 0.3) is 5.56 Å². The molecular formula is C17H20N4O. The molecule has 0 N–H and O–H groups in total. The number of nitrogens with zero attached hydrogens (tertiary/aromatic N) is 4. The largest absolute Gasteiger partial charge is 0.311 e. The van der Waals surface area contributed by atoms with Crippen LogP contribution in [0.2, 0.25) is 0 Å². The second-order valence-electron chi connectivity index (χ2n) is 6.52.